The van der Waals surface area contributed by atoms with Crippen LogP contribution in [0.15, 0.2) is 97.1 Å². The van der Waals surface area contributed by atoms with Crippen LogP contribution in [-0.2, 0) is 101 Å². The van der Waals surface area contributed by atoms with Crippen molar-refractivity contribution < 1.29 is 119 Å². The number of carbonyl (C=O) groups is 9. The number of nitrogens with zero attached hydrogens (tertiary/aromatic N) is 1. The molecule has 3 fully saturated rings. The zero-order valence-corrected chi connectivity index (χ0v) is 72.5. The molecule has 666 valence electrons. The Labute approximate surface area is 707 Å². The molecule has 120 heavy (non-hydrogen) atoms. The first-order chi connectivity index (χ1) is 57.7. The molecular formula is C91H132N4O25. The Morgan fingerprint density at radius 3 is 1.48 bits per heavy atom. The van der Waals surface area contributed by atoms with Crippen LogP contribution in [0.4, 0.5) is 5.69 Å². The Morgan fingerprint density at radius 2 is 0.983 bits per heavy atom. The number of rotatable bonds is 56. The van der Waals surface area contributed by atoms with Gasteiger partial charge in [0.1, 0.15) is 23.2 Å². The van der Waals surface area contributed by atoms with E-state index in [4.69, 9.17) is 71.1 Å². The Kier molecular flexibility index (Phi) is 42.4. The third-order valence-electron chi connectivity index (χ3n) is 22.8. The molecule has 0 spiro atoms. The van der Waals surface area contributed by atoms with Crippen molar-refractivity contribution in [2.45, 2.75) is 208 Å². The molecule has 4 aromatic rings. The first-order valence-corrected chi connectivity index (χ1v) is 42.4. The summed E-state index contributed by atoms with van der Waals surface area (Å²) in [4.78, 5) is 118. The monoisotopic (exact) mass is 1680 g/mol. The molecule has 2 aliphatic heterocycles. The number of esters is 3. The predicted octanol–water partition coefficient (Wildman–Crippen LogP) is 10.9. The molecular weight excluding hydrogens is 1550 g/mol. The number of aliphatic hydroxyl groups excluding tert-OH is 1. The zero-order chi connectivity index (χ0) is 87.0. The van der Waals surface area contributed by atoms with Gasteiger partial charge in [-0.25, -0.2) is 0 Å². The molecule has 2 heterocycles. The van der Waals surface area contributed by atoms with E-state index in [0.29, 0.717) is 95.4 Å². The van der Waals surface area contributed by atoms with E-state index in [1.54, 1.807) is 32.4 Å². The summed E-state index contributed by atoms with van der Waals surface area (Å²) in [5.74, 6) is -1.92. The lowest BCUT2D eigenvalue weighted by atomic mass is 9.68. The lowest BCUT2D eigenvalue weighted by Gasteiger charge is -2.45. The molecule has 1 aliphatic carbocycles. The molecule has 4 unspecified atom stereocenters. The van der Waals surface area contributed by atoms with Crippen molar-refractivity contribution in [3.63, 3.8) is 0 Å². The van der Waals surface area contributed by atoms with Gasteiger partial charge in [-0.15, -0.1) is 0 Å². The van der Waals surface area contributed by atoms with Crippen LogP contribution in [0.5, 0.6) is 11.5 Å². The van der Waals surface area contributed by atoms with Crippen LogP contribution in [0.3, 0.4) is 0 Å². The van der Waals surface area contributed by atoms with Gasteiger partial charge in [0.05, 0.1) is 138 Å². The maximum atomic E-state index is 14.1. The van der Waals surface area contributed by atoms with Crippen LogP contribution >= 0.6 is 0 Å². The van der Waals surface area contributed by atoms with Gasteiger partial charge in [-0.1, -0.05) is 115 Å². The van der Waals surface area contributed by atoms with E-state index in [1.165, 1.54) is 34.6 Å². The van der Waals surface area contributed by atoms with Crippen molar-refractivity contribution in [3.05, 3.63) is 125 Å². The molecule has 4 amide bonds. The van der Waals surface area contributed by atoms with E-state index < -0.39 is 76.8 Å². The van der Waals surface area contributed by atoms with Crippen LogP contribution in [0.25, 0.3) is 0 Å². The number of amides is 4. The Morgan fingerprint density at radius 1 is 0.517 bits per heavy atom. The Balaban J connectivity index is 0.841. The molecule has 2 saturated heterocycles. The van der Waals surface area contributed by atoms with Crippen molar-refractivity contribution in [1.82, 2.24) is 15.5 Å². The predicted molar refractivity (Wildman–Crippen MR) is 446 cm³/mol. The second-order valence-electron chi connectivity index (χ2n) is 31.9. The number of ketones is 2. The quantitative estimate of drug-likeness (QED) is 0.0105. The molecule has 0 aromatic heterocycles. The van der Waals surface area contributed by atoms with Crippen LogP contribution in [0.1, 0.15) is 197 Å². The summed E-state index contributed by atoms with van der Waals surface area (Å²) in [6.07, 6.45) is 3.73. The smallest absolute Gasteiger partial charge is 0.303 e. The fraction of sp³-hybridized carbons (Fsp3) is 0.637. The number of ether oxygens (including phenoxy) is 15. The molecule has 4 aromatic carbocycles. The first-order valence-electron chi connectivity index (χ1n) is 42.4. The molecule has 3 aliphatic rings. The van der Waals surface area contributed by atoms with Crippen molar-refractivity contribution in [1.29, 1.82) is 0 Å². The van der Waals surface area contributed by atoms with Crippen LogP contribution in [0, 0.1) is 28.6 Å². The Hall–Kier alpha value is -8.33. The summed E-state index contributed by atoms with van der Waals surface area (Å²) >= 11 is 0. The summed E-state index contributed by atoms with van der Waals surface area (Å²) < 4.78 is 87.7. The highest BCUT2D eigenvalue weighted by Crippen LogP contribution is 2.50. The van der Waals surface area contributed by atoms with Crippen LogP contribution < -0.4 is 25.4 Å². The molecule has 29 heteroatoms. The largest absolute Gasteiger partial charge is 0.497 e. The Bertz CT molecular complexity index is 3770. The van der Waals surface area contributed by atoms with Gasteiger partial charge in [0.2, 0.25) is 23.6 Å². The number of Topliss-reactive ketones (excluding diaryl/α,β-unsaturated/α-hetero) is 2. The number of benzene rings is 4. The molecule has 0 radical (unpaired) electrons. The number of carbonyl (C=O) groups excluding carboxylic acids is 9. The van der Waals surface area contributed by atoms with Gasteiger partial charge in [0.25, 0.3) is 0 Å². The average molecular weight is 1680 g/mol. The fourth-order valence-corrected chi connectivity index (χ4v) is 15.7. The van der Waals surface area contributed by atoms with Gasteiger partial charge in [0.15, 0.2) is 24.0 Å². The van der Waals surface area contributed by atoms with Gasteiger partial charge in [-0.3, -0.25) is 43.2 Å². The van der Waals surface area contributed by atoms with Crippen LogP contribution in [-0.4, -0.2) is 246 Å². The highest BCUT2D eigenvalue weighted by Gasteiger charge is 2.55. The summed E-state index contributed by atoms with van der Waals surface area (Å²) in [5.41, 5.74) is 1.17. The summed E-state index contributed by atoms with van der Waals surface area (Å²) in [7, 11) is 3.26. The van der Waals surface area contributed by atoms with Gasteiger partial charge in [-0.2, -0.15) is 0 Å². The van der Waals surface area contributed by atoms with Gasteiger partial charge >= 0.3 is 17.9 Å². The number of unbranched alkanes of at least 4 members (excludes halogenated alkanes) is 5. The van der Waals surface area contributed by atoms with E-state index in [9.17, 15) is 48.3 Å². The number of hydrogen-bond acceptors (Lipinski definition) is 25. The summed E-state index contributed by atoms with van der Waals surface area (Å²) in [6, 6.07) is 29.4. The zero-order valence-electron chi connectivity index (χ0n) is 72.5. The minimum Gasteiger partial charge on any atom is -0.497 e. The topological polar surface area (TPSA) is 352 Å². The van der Waals surface area contributed by atoms with Crippen molar-refractivity contribution in [2.24, 2.45) is 28.6 Å². The molecule has 4 N–H and O–H groups in total. The standard InChI is InChI=1S/C91H132N4O25/c1-13-80-62(2)63(3)84(92-64(4)97)88(120-80)115-52-50-113-48-46-111-44-42-109-40-24-28-79(103)70-53-69(78(102)27-23-39-108-41-43-110-45-47-112-49-51-114-81-56-71(57-116-66(6)99)86(118-67(7)100)87(119-68(8)101)85(81)93-65(5)98)54-75(55-70)94-82(104)29-21-16-14-15-17-22-30-83(105)95-58-89(9,60-96)90(10,59-95)61-117-91(72-25-19-18-20-26-72,73-31-35-76(106-11)36-32-73)74-33-37-77(107-12)38-34-74/h18-20,25-26,31-38,53-55,62-63,71,80-81,84-88,96H,13-17,21-24,27-30,39-52,56-61H2,1-12H3,(H,92,97)(H,93,98)(H,94,104)/t62-,63+,71-,80-,81?,84-,85+,86+,87-,88?,89?,90?/m1/s1. The van der Waals surface area contributed by atoms with E-state index in [0.717, 1.165) is 48.8 Å². The number of anilines is 1. The summed E-state index contributed by atoms with van der Waals surface area (Å²) in [6.45, 7) is 21.1. The number of hydrogen-bond donors (Lipinski definition) is 4. The van der Waals surface area contributed by atoms with Gasteiger partial charge in [-0.05, 0) is 110 Å². The lowest BCUT2D eigenvalue weighted by Crippen LogP contribution is -2.63. The molecule has 29 nitrogen and oxygen atoms in total. The van der Waals surface area contributed by atoms with E-state index in [1.807, 2.05) is 78.6 Å². The molecule has 0 bridgehead atoms. The van der Waals surface area contributed by atoms with Crippen LogP contribution in [0.2, 0.25) is 0 Å². The normalized spacial score (nSPS) is 22.2. The van der Waals surface area contributed by atoms with Gasteiger partial charge < -0.3 is 97.0 Å². The SMILES string of the molecule is CC[C@H]1OC(OCCOCCOCCOCCCC(=O)c2cc(NC(=O)CCCCCCCCC(=O)N3CC(C)(CO)C(C)(COC(c4ccccc4)(c4ccc(OC)cc4)c4ccc(OC)cc4)C3)cc(C(=O)CCCOCCOCCOCCOC3C[C@H](COC(C)=O)[C@H](OC(C)=O)[C@H](OC(C)=O)[C@H]3NC(C)=O)c2)[C@H](NC(C)=O)[C@@H](C)[C@H]1C. The van der Waals surface area contributed by atoms with Crippen molar-refractivity contribution in [2.75, 3.05) is 145 Å². The molecule has 7 rings (SSSR count). The number of nitrogens with one attached hydrogen (secondary N) is 3. The second kappa shape index (κ2) is 51.6. The highest BCUT2D eigenvalue weighted by atomic mass is 16.7. The van der Waals surface area contributed by atoms with Crippen molar-refractivity contribution in [3.8, 4) is 11.5 Å². The lowest BCUT2D eigenvalue weighted by molar-refractivity contribution is -0.239. The summed E-state index contributed by atoms with van der Waals surface area (Å²) in [5, 5.41) is 19.8. The highest BCUT2D eigenvalue weighted by molar-refractivity contribution is 6.04. The van der Waals surface area contributed by atoms with Gasteiger partial charge in [0, 0.05) is 120 Å². The third kappa shape index (κ3) is 30.9. The minimum atomic E-state index is -1.14. The second-order valence-corrected chi connectivity index (χ2v) is 31.9. The van der Waals surface area contributed by atoms with E-state index >= 15 is 0 Å². The number of aliphatic hydroxyl groups is 1. The average Bonchev–Trinajstić information content (AvgIpc) is 1.43. The fourth-order valence-electron chi connectivity index (χ4n) is 15.7. The van der Waals surface area contributed by atoms with E-state index in [-0.39, 0.29) is 169 Å². The maximum Gasteiger partial charge on any atom is 0.303 e. The third-order valence-corrected chi connectivity index (χ3v) is 22.8. The molecule has 1 saturated carbocycles. The number of methoxy groups -OCH3 is 2. The number of likely N-dealkylation sites (tertiary alicyclic amines) is 1. The maximum absolute atomic E-state index is 14.1. The molecule has 12 atom stereocenters. The van der Waals surface area contributed by atoms with E-state index in [2.05, 4.69) is 55.8 Å². The van der Waals surface area contributed by atoms with Crippen molar-refractivity contribution >= 4 is 58.8 Å². The minimum absolute atomic E-state index is 0.0267. The first kappa shape index (κ1) is 98.8.